The quantitative estimate of drug-likeness (QED) is 0.283. The van der Waals surface area contributed by atoms with E-state index in [1.165, 1.54) is 24.2 Å². The summed E-state index contributed by atoms with van der Waals surface area (Å²) in [5.41, 5.74) is 2.70. The molecule has 1 aromatic rings. The lowest BCUT2D eigenvalue weighted by molar-refractivity contribution is 0.180. The summed E-state index contributed by atoms with van der Waals surface area (Å²) in [6.45, 7) is 12.6. The second kappa shape index (κ2) is 15.1. The number of unbranched alkanes of at least 4 members (excludes halogenated alkanes) is 1. The van der Waals surface area contributed by atoms with Gasteiger partial charge in [0.25, 0.3) is 0 Å². The van der Waals surface area contributed by atoms with E-state index in [1.54, 1.807) is 7.11 Å². The van der Waals surface area contributed by atoms with Crippen LogP contribution in [0, 0.1) is 6.92 Å². The minimum atomic E-state index is 0.823. The van der Waals surface area contributed by atoms with E-state index in [4.69, 9.17) is 4.74 Å². The van der Waals surface area contributed by atoms with Crippen molar-refractivity contribution in [1.29, 1.82) is 0 Å². The van der Waals surface area contributed by atoms with Crippen LogP contribution in [0.15, 0.2) is 29.3 Å². The van der Waals surface area contributed by atoms with Gasteiger partial charge in [0.05, 0.1) is 0 Å². The van der Waals surface area contributed by atoms with E-state index < -0.39 is 0 Å². The minimum Gasteiger partial charge on any atom is -0.385 e. The Morgan fingerprint density at radius 3 is 2.55 bits per heavy atom. The highest BCUT2D eigenvalue weighted by Crippen LogP contribution is 2.17. The fourth-order valence-electron chi connectivity index (χ4n) is 3.90. The fraction of sp³-hybridized carbons (Fsp3) is 0.708. The van der Waals surface area contributed by atoms with Crippen molar-refractivity contribution < 1.29 is 4.74 Å². The monoisotopic (exact) mass is 432 g/mol. The average molecular weight is 433 g/mol. The molecule has 176 valence electrons. The van der Waals surface area contributed by atoms with Crippen molar-refractivity contribution >= 4 is 11.6 Å². The van der Waals surface area contributed by atoms with Gasteiger partial charge in [-0.25, -0.2) is 0 Å². The van der Waals surface area contributed by atoms with Crippen LogP contribution in [0.25, 0.3) is 0 Å². The smallest absolute Gasteiger partial charge is 0.191 e. The van der Waals surface area contributed by atoms with E-state index >= 15 is 0 Å². The van der Waals surface area contributed by atoms with Gasteiger partial charge in [-0.05, 0) is 57.5 Å². The van der Waals surface area contributed by atoms with Crippen LogP contribution in [-0.2, 0) is 4.74 Å². The Morgan fingerprint density at radius 1 is 1.06 bits per heavy atom. The molecule has 0 spiro atoms. The Kier molecular flexibility index (Phi) is 12.3. The molecule has 2 rings (SSSR count). The molecule has 7 nitrogen and oxygen atoms in total. The summed E-state index contributed by atoms with van der Waals surface area (Å²) in [7, 11) is 5.74. The number of anilines is 1. The zero-order valence-electron chi connectivity index (χ0n) is 20.2. The van der Waals surface area contributed by atoms with Gasteiger partial charge in [-0.2, -0.15) is 0 Å². The number of aliphatic imine (C=N–C) groups is 1. The third-order valence-electron chi connectivity index (χ3n) is 5.83. The first kappa shape index (κ1) is 25.4. The number of nitrogens with zero attached hydrogens (tertiary/aromatic N) is 4. The van der Waals surface area contributed by atoms with Crippen molar-refractivity contribution in [2.45, 2.75) is 26.2 Å². The average Bonchev–Trinajstić information content (AvgIpc) is 2.78. The molecule has 1 aliphatic rings. The van der Waals surface area contributed by atoms with Crippen LogP contribution in [0.3, 0.4) is 0 Å². The van der Waals surface area contributed by atoms with E-state index in [0.29, 0.717) is 0 Å². The zero-order valence-corrected chi connectivity index (χ0v) is 20.2. The molecular weight excluding hydrogens is 388 g/mol. The molecule has 0 aromatic heterocycles. The molecule has 0 bridgehead atoms. The molecule has 0 atom stereocenters. The molecule has 0 amide bonds. The number of nitrogens with one attached hydrogen (secondary N) is 2. The van der Waals surface area contributed by atoms with E-state index in [2.05, 4.69) is 68.6 Å². The number of methoxy groups -OCH3 is 1. The van der Waals surface area contributed by atoms with Crippen molar-refractivity contribution in [3.8, 4) is 0 Å². The number of rotatable bonds is 13. The zero-order chi connectivity index (χ0) is 22.3. The largest absolute Gasteiger partial charge is 0.385 e. The molecule has 1 fully saturated rings. The van der Waals surface area contributed by atoms with Gasteiger partial charge in [-0.1, -0.05) is 12.1 Å². The van der Waals surface area contributed by atoms with Crippen LogP contribution < -0.4 is 15.5 Å². The fourth-order valence-corrected chi connectivity index (χ4v) is 3.90. The summed E-state index contributed by atoms with van der Waals surface area (Å²) in [5.74, 6) is 0.900. The highest BCUT2D eigenvalue weighted by molar-refractivity contribution is 5.79. The highest BCUT2D eigenvalue weighted by Gasteiger charge is 2.16. The van der Waals surface area contributed by atoms with Gasteiger partial charge in [0.2, 0.25) is 0 Å². The summed E-state index contributed by atoms with van der Waals surface area (Å²) < 4.78 is 5.11. The number of ether oxygens (including phenoxy) is 1. The van der Waals surface area contributed by atoms with Gasteiger partial charge >= 0.3 is 0 Å². The second-order valence-corrected chi connectivity index (χ2v) is 8.45. The Hall–Kier alpha value is -1.83. The van der Waals surface area contributed by atoms with Gasteiger partial charge < -0.3 is 25.2 Å². The van der Waals surface area contributed by atoms with Crippen molar-refractivity contribution in [2.24, 2.45) is 4.99 Å². The third-order valence-corrected chi connectivity index (χ3v) is 5.83. The molecule has 0 saturated carbocycles. The minimum absolute atomic E-state index is 0.823. The number of piperazine rings is 1. The van der Waals surface area contributed by atoms with Crippen LogP contribution in [0.1, 0.15) is 24.8 Å². The molecule has 1 aliphatic heterocycles. The van der Waals surface area contributed by atoms with Crippen LogP contribution in [0.4, 0.5) is 5.69 Å². The maximum atomic E-state index is 5.11. The molecule has 0 radical (unpaired) electrons. The Balaban J connectivity index is 1.50. The van der Waals surface area contributed by atoms with E-state index in [0.717, 1.165) is 77.8 Å². The lowest BCUT2D eigenvalue weighted by Gasteiger charge is -2.36. The van der Waals surface area contributed by atoms with Crippen LogP contribution >= 0.6 is 0 Å². The summed E-state index contributed by atoms with van der Waals surface area (Å²) in [6.07, 6.45) is 3.45. The normalized spacial score (nSPS) is 15.5. The van der Waals surface area contributed by atoms with Gasteiger partial charge in [0, 0.05) is 78.8 Å². The van der Waals surface area contributed by atoms with Crippen molar-refractivity contribution in [1.82, 2.24) is 20.4 Å². The number of guanidine groups is 1. The van der Waals surface area contributed by atoms with Gasteiger partial charge in [-0.3, -0.25) is 9.89 Å². The van der Waals surface area contributed by atoms with Gasteiger partial charge in [-0.15, -0.1) is 0 Å². The Labute approximate surface area is 189 Å². The number of aryl methyl sites for hydroxylation is 1. The van der Waals surface area contributed by atoms with Gasteiger partial charge in [0.15, 0.2) is 5.96 Å². The molecule has 31 heavy (non-hydrogen) atoms. The molecule has 1 aromatic carbocycles. The molecule has 1 heterocycles. The molecule has 0 unspecified atom stereocenters. The van der Waals surface area contributed by atoms with Crippen molar-refractivity contribution in [3.05, 3.63) is 29.8 Å². The standard InChI is InChI=1S/C24H44N6O/c1-22-9-7-10-23(21-22)30-18-16-29(17-19-30)14-6-5-11-26-24(25-2)27-12-15-28(3)13-8-20-31-4/h7,9-10,21H,5-6,8,11-20H2,1-4H3,(H2,25,26,27). The second-order valence-electron chi connectivity index (χ2n) is 8.45. The summed E-state index contributed by atoms with van der Waals surface area (Å²) >= 11 is 0. The summed E-state index contributed by atoms with van der Waals surface area (Å²) in [4.78, 5) is 11.8. The first-order valence-electron chi connectivity index (χ1n) is 11.8. The summed E-state index contributed by atoms with van der Waals surface area (Å²) in [5, 5.41) is 6.85. The van der Waals surface area contributed by atoms with Crippen LogP contribution in [0.2, 0.25) is 0 Å². The number of benzene rings is 1. The first-order chi connectivity index (χ1) is 15.1. The van der Waals surface area contributed by atoms with Crippen molar-refractivity contribution in [2.75, 3.05) is 91.6 Å². The number of likely N-dealkylation sites (N-methyl/N-ethyl adjacent to an activating group) is 1. The molecule has 2 N–H and O–H groups in total. The summed E-state index contributed by atoms with van der Waals surface area (Å²) in [6, 6.07) is 8.85. The van der Waals surface area contributed by atoms with Crippen molar-refractivity contribution in [3.63, 3.8) is 0 Å². The maximum Gasteiger partial charge on any atom is 0.191 e. The molecule has 7 heteroatoms. The SMILES string of the molecule is CN=C(NCCCCN1CCN(c2cccc(C)c2)CC1)NCCN(C)CCCOC. The third kappa shape index (κ3) is 10.4. The van der Waals surface area contributed by atoms with E-state index in [-0.39, 0.29) is 0 Å². The Bertz CT molecular complexity index is 630. The lowest BCUT2D eigenvalue weighted by Crippen LogP contribution is -2.46. The first-order valence-corrected chi connectivity index (χ1v) is 11.8. The number of hydrogen-bond donors (Lipinski definition) is 2. The molecular formula is C24H44N6O. The predicted octanol–water partition coefficient (Wildman–Crippen LogP) is 2.03. The maximum absolute atomic E-state index is 5.11. The highest BCUT2D eigenvalue weighted by atomic mass is 16.5. The topological polar surface area (TPSA) is 55.4 Å². The molecule has 0 aliphatic carbocycles. The number of hydrogen-bond acceptors (Lipinski definition) is 5. The van der Waals surface area contributed by atoms with Crippen LogP contribution in [0.5, 0.6) is 0 Å². The van der Waals surface area contributed by atoms with Gasteiger partial charge in [0.1, 0.15) is 0 Å². The van der Waals surface area contributed by atoms with E-state index in [9.17, 15) is 0 Å². The van der Waals surface area contributed by atoms with Crippen LogP contribution in [-0.4, -0.2) is 102 Å². The Morgan fingerprint density at radius 2 is 1.84 bits per heavy atom. The van der Waals surface area contributed by atoms with E-state index in [1.807, 2.05) is 7.05 Å². The molecule has 1 saturated heterocycles. The lowest BCUT2D eigenvalue weighted by atomic mass is 10.2. The predicted molar refractivity (Wildman–Crippen MR) is 132 cm³/mol.